The van der Waals surface area contributed by atoms with Crippen LogP contribution in [0.15, 0.2) is 60.6 Å². The molecule has 7 N–H and O–H groups in total. The average molecular weight is 403 g/mol. The van der Waals surface area contributed by atoms with Crippen LogP contribution in [0.4, 0.5) is 17.3 Å². The van der Waals surface area contributed by atoms with Crippen LogP contribution in [0, 0.1) is 0 Å². The molecule has 0 spiro atoms. The molecule has 0 aliphatic heterocycles. The first-order valence-electron chi connectivity index (χ1n) is 9.55. The first-order chi connectivity index (χ1) is 14.5. The highest BCUT2D eigenvalue weighted by molar-refractivity contribution is 5.86. The van der Waals surface area contributed by atoms with Gasteiger partial charge in [-0.1, -0.05) is 12.1 Å². The highest BCUT2D eigenvalue weighted by atomic mass is 16.3. The molecule has 30 heavy (non-hydrogen) atoms. The number of nitrogens with one attached hydrogen (secondary N) is 1. The molecule has 0 fully saturated rings. The van der Waals surface area contributed by atoms with Gasteiger partial charge in [0.05, 0.1) is 16.9 Å². The molecule has 3 atom stereocenters. The van der Waals surface area contributed by atoms with Gasteiger partial charge in [-0.05, 0) is 35.9 Å². The van der Waals surface area contributed by atoms with Crippen molar-refractivity contribution < 1.29 is 10.2 Å². The van der Waals surface area contributed by atoms with Crippen LogP contribution in [0.2, 0.25) is 0 Å². The topological polar surface area (TPSA) is 148 Å². The molecule has 1 aromatic carbocycles. The standard InChI is InChI=1S/C21H21N7O2/c22-17-4-2-11-1-3-13(8-15(11)27-17)24-9-12-7-16(19(30)18(12)29)28-6-5-14-20(23)25-10-26-21(14)28/h1-8,10,16,18-19,24,29-30H,9H2,(H2,22,27)(H2,23,25,26)/t16-,18-,19+/m1/s1. The summed E-state index contributed by atoms with van der Waals surface area (Å²) in [7, 11) is 0. The highest BCUT2D eigenvalue weighted by Crippen LogP contribution is 2.33. The molecule has 152 valence electrons. The number of pyridine rings is 1. The summed E-state index contributed by atoms with van der Waals surface area (Å²) in [5.41, 5.74) is 14.6. The molecular weight excluding hydrogens is 382 g/mol. The predicted octanol–water partition coefficient (Wildman–Crippen LogP) is 1.46. The lowest BCUT2D eigenvalue weighted by molar-refractivity contribution is 0.0327. The lowest BCUT2D eigenvalue weighted by atomic mass is 10.1. The number of aliphatic hydroxyl groups excluding tert-OH is 2. The zero-order valence-electron chi connectivity index (χ0n) is 16.0. The van der Waals surface area contributed by atoms with E-state index in [1.807, 2.05) is 36.4 Å². The number of aromatic nitrogens is 4. The maximum atomic E-state index is 10.6. The summed E-state index contributed by atoms with van der Waals surface area (Å²) >= 11 is 0. The van der Waals surface area contributed by atoms with Crippen molar-refractivity contribution in [2.45, 2.75) is 18.2 Å². The van der Waals surface area contributed by atoms with Crippen LogP contribution in [0.3, 0.4) is 0 Å². The first kappa shape index (κ1) is 18.3. The summed E-state index contributed by atoms with van der Waals surface area (Å²) in [4.78, 5) is 12.6. The Morgan fingerprint density at radius 2 is 1.90 bits per heavy atom. The van der Waals surface area contributed by atoms with E-state index in [4.69, 9.17) is 11.5 Å². The summed E-state index contributed by atoms with van der Waals surface area (Å²) in [5, 5.41) is 26.2. The molecular formula is C21H21N7O2. The SMILES string of the molecule is Nc1ccc2ccc(NCC3=C[C@@H](n4ccc5c(N)ncnc54)[C@H](O)[C@@H]3O)cc2n1. The van der Waals surface area contributed by atoms with Gasteiger partial charge in [-0.15, -0.1) is 0 Å². The van der Waals surface area contributed by atoms with E-state index in [-0.39, 0.29) is 0 Å². The largest absolute Gasteiger partial charge is 0.388 e. The predicted molar refractivity (Wildman–Crippen MR) is 116 cm³/mol. The number of nitrogen functional groups attached to an aromatic ring is 2. The van der Waals surface area contributed by atoms with Gasteiger partial charge in [0.25, 0.3) is 0 Å². The average Bonchev–Trinajstić information content (AvgIpc) is 3.29. The third kappa shape index (κ3) is 3.00. The van der Waals surface area contributed by atoms with Gasteiger partial charge >= 0.3 is 0 Å². The van der Waals surface area contributed by atoms with E-state index < -0.39 is 18.2 Å². The van der Waals surface area contributed by atoms with Gasteiger partial charge in [-0.25, -0.2) is 15.0 Å². The molecule has 1 aliphatic rings. The molecule has 9 nitrogen and oxygen atoms in total. The molecule has 0 amide bonds. The van der Waals surface area contributed by atoms with Gasteiger partial charge in [0.2, 0.25) is 0 Å². The fourth-order valence-electron chi connectivity index (χ4n) is 3.91. The fourth-order valence-corrected chi connectivity index (χ4v) is 3.91. The third-order valence-corrected chi connectivity index (χ3v) is 5.51. The van der Waals surface area contributed by atoms with E-state index in [2.05, 4.69) is 20.3 Å². The Hall–Kier alpha value is -3.69. The van der Waals surface area contributed by atoms with Crippen LogP contribution < -0.4 is 16.8 Å². The normalized spacial score (nSPS) is 21.3. The van der Waals surface area contributed by atoms with E-state index >= 15 is 0 Å². The number of benzene rings is 1. The second-order valence-corrected chi connectivity index (χ2v) is 7.38. The van der Waals surface area contributed by atoms with E-state index in [9.17, 15) is 10.2 Å². The number of aliphatic hydroxyl groups is 2. The zero-order chi connectivity index (χ0) is 20.8. The first-order valence-corrected chi connectivity index (χ1v) is 9.55. The molecule has 4 aromatic rings. The van der Waals surface area contributed by atoms with Crippen molar-refractivity contribution in [3.8, 4) is 0 Å². The van der Waals surface area contributed by atoms with Crippen LogP contribution >= 0.6 is 0 Å². The third-order valence-electron chi connectivity index (χ3n) is 5.51. The summed E-state index contributed by atoms with van der Waals surface area (Å²) in [6.07, 6.45) is 3.05. The quantitative estimate of drug-likeness (QED) is 0.322. The Bertz CT molecular complexity index is 1280. The monoisotopic (exact) mass is 403 g/mol. The van der Waals surface area contributed by atoms with Crippen molar-refractivity contribution in [2.75, 3.05) is 23.3 Å². The Morgan fingerprint density at radius 1 is 1.07 bits per heavy atom. The maximum Gasteiger partial charge on any atom is 0.146 e. The minimum absolute atomic E-state index is 0.374. The summed E-state index contributed by atoms with van der Waals surface area (Å²) in [5.74, 6) is 0.839. The van der Waals surface area contributed by atoms with Crippen molar-refractivity contribution >= 4 is 39.3 Å². The van der Waals surface area contributed by atoms with E-state index in [1.165, 1.54) is 6.33 Å². The van der Waals surface area contributed by atoms with Crippen molar-refractivity contribution in [2.24, 2.45) is 0 Å². The van der Waals surface area contributed by atoms with Gasteiger partial charge < -0.3 is 31.6 Å². The van der Waals surface area contributed by atoms with Crippen LogP contribution in [-0.2, 0) is 0 Å². The van der Waals surface area contributed by atoms with E-state index in [0.29, 0.717) is 34.8 Å². The number of rotatable bonds is 4. The van der Waals surface area contributed by atoms with E-state index in [1.54, 1.807) is 16.8 Å². The molecule has 9 heteroatoms. The number of nitrogens with zero attached hydrogens (tertiary/aromatic N) is 4. The Morgan fingerprint density at radius 3 is 2.77 bits per heavy atom. The van der Waals surface area contributed by atoms with Crippen molar-refractivity contribution in [1.29, 1.82) is 0 Å². The van der Waals surface area contributed by atoms with Gasteiger partial charge in [0, 0.05) is 23.8 Å². The molecule has 3 heterocycles. The van der Waals surface area contributed by atoms with Crippen LogP contribution in [0.25, 0.3) is 21.9 Å². The number of hydrogen-bond acceptors (Lipinski definition) is 8. The van der Waals surface area contributed by atoms with Gasteiger partial charge in [-0.2, -0.15) is 0 Å². The van der Waals surface area contributed by atoms with Crippen LogP contribution in [-0.4, -0.2) is 48.5 Å². The van der Waals surface area contributed by atoms with Crippen molar-refractivity contribution in [3.05, 3.63) is 60.6 Å². The Balaban J connectivity index is 1.40. The Kier molecular flexibility index (Phi) is 4.27. The van der Waals surface area contributed by atoms with Crippen molar-refractivity contribution in [3.63, 3.8) is 0 Å². The number of hydrogen-bond donors (Lipinski definition) is 5. The molecule has 0 saturated carbocycles. The second kappa shape index (κ2) is 6.97. The summed E-state index contributed by atoms with van der Waals surface area (Å²) in [6, 6.07) is 10.8. The minimum Gasteiger partial charge on any atom is -0.388 e. The lowest BCUT2D eigenvalue weighted by Gasteiger charge is -2.19. The van der Waals surface area contributed by atoms with Crippen LogP contribution in [0.1, 0.15) is 6.04 Å². The fraction of sp³-hybridized carbons (Fsp3) is 0.190. The lowest BCUT2D eigenvalue weighted by Crippen LogP contribution is -2.30. The molecule has 0 bridgehead atoms. The number of nitrogens with two attached hydrogens (primary N) is 2. The maximum absolute atomic E-state index is 10.6. The highest BCUT2D eigenvalue weighted by Gasteiger charge is 2.36. The second-order valence-electron chi connectivity index (χ2n) is 7.38. The molecule has 0 saturated heterocycles. The van der Waals surface area contributed by atoms with Crippen LogP contribution in [0.5, 0.6) is 0 Å². The van der Waals surface area contributed by atoms with Gasteiger partial charge in [-0.3, -0.25) is 0 Å². The summed E-state index contributed by atoms with van der Waals surface area (Å²) in [6.45, 7) is 0.374. The Labute approximate surface area is 171 Å². The summed E-state index contributed by atoms with van der Waals surface area (Å²) < 4.78 is 1.80. The molecule has 0 unspecified atom stereocenters. The van der Waals surface area contributed by atoms with Gasteiger partial charge in [0.15, 0.2) is 0 Å². The molecule has 1 aliphatic carbocycles. The number of fused-ring (bicyclic) bond motifs is 2. The van der Waals surface area contributed by atoms with Crippen molar-refractivity contribution in [1.82, 2.24) is 19.5 Å². The molecule has 3 aromatic heterocycles. The smallest absolute Gasteiger partial charge is 0.146 e. The van der Waals surface area contributed by atoms with E-state index in [0.717, 1.165) is 16.6 Å². The number of anilines is 3. The molecule has 5 rings (SSSR count). The minimum atomic E-state index is -0.994. The van der Waals surface area contributed by atoms with Gasteiger partial charge in [0.1, 0.15) is 35.8 Å². The molecule has 0 radical (unpaired) electrons. The zero-order valence-corrected chi connectivity index (χ0v) is 16.0.